The number of amides is 1. The van der Waals surface area contributed by atoms with E-state index in [0.29, 0.717) is 6.42 Å². The van der Waals surface area contributed by atoms with Crippen LogP contribution in [0.2, 0.25) is 0 Å². The lowest BCUT2D eigenvalue weighted by molar-refractivity contribution is -0.137. The fourth-order valence-electron chi connectivity index (χ4n) is 3.55. The van der Waals surface area contributed by atoms with Crippen LogP contribution in [-0.4, -0.2) is 17.0 Å². The smallest absolute Gasteiger partial charge is 0.303 e. The van der Waals surface area contributed by atoms with Gasteiger partial charge in [-0.25, -0.2) is 0 Å². The van der Waals surface area contributed by atoms with Crippen LogP contribution in [0.3, 0.4) is 0 Å². The van der Waals surface area contributed by atoms with Crippen molar-refractivity contribution in [2.45, 2.75) is 44.4 Å². The molecule has 2 aromatic carbocycles. The SMILES string of the molecule is CC1(C(=O)Nc2ccc(CCC(=O)O)cc2)CCCc2ccccc21. The van der Waals surface area contributed by atoms with Crippen LogP contribution < -0.4 is 5.32 Å². The first-order valence-electron chi connectivity index (χ1n) is 8.69. The van der Waals surface area contributed by atoms with Gasteiger partial charge in [0.15, 0.2) is 0 Å². The van der Waals surface area contributed by atoms with Crippen molar-refractivity contribution < 1.29 is 14.7 Å². The number of benzene rings is 2. The Labute approximate surface area is 147 Å². The van der Waals surface area contributed by atoms with E-state index >= 15 is 0 Å². The molecule has 1 aliphatic carbocycles. The molecule has 1 atom stereocenters. The number of rotatable bonds is 5. The van der Waals surface area contributed by atoms with E-state index in [-0.39, 0.29) is 12.3 Å². The van der Waals surface area contributed by atoms with Crippen molar-refractivity contribution in [2.75, 3.05) is 5.32 Å². The molecule has 2 N–H and O–H groups in total. The summed E-state index contributed by atoms with van der Waals surface area (Å²) >= 11 is 0. The minimum absolute atomic E-state index is 0.0120. The Morgan fingerprint density at radius 3 is 2.56 bits per heavy atom. The van der Waals surface area contributed by atoms with E-state index in [4.69, 9.17) is 5.11 Å². The number of hydrogen-bond donors (Lipinski definition) is 2. The van der Waals surface area contributed by atoms with Gasteiger partial charge in [0.05, 0.1) is 5.41 Å². The second kappa shape index (κ2) is 7.09. The number of nitrogens with one attached hydrogen (secondary N) is 1. The van der Waals surface area contributed by atoms with Crippen LogP contribution in [0, 0.1) is 0 Å². The Morgan fingerprint density at radius 1 is 1.12 bits per heavy atom. The molecule has 4 nitrogen and oxygen atoms in total. The summed E-state index contributed by atoms with van der Waals surface area (Å²) in [7, 11) is 0. The molecule has 0 saturated carbocycles. The molecule has 0 saturated heterocycles. The zero-order chi connectivity index (χ0) is 17.9. The van der Waals surface area contributed by atoms with Crippen LogP contribution in [0.5, 0.6) is 0 Å². The monoisotopic (exact) mass is 337 g/mol. The molecule has 0 aliphatic heterocycles. The van der Waals surface area contributed by atoms with E-state index in [1.807, 2.05) is 43.3 Å². The number of hydrogen-bond acceptors (Lipinski definition) is 2. The summed E-state index contributed by atoms with van der Waals surface area (Å²) in [4.78, 5) is 23.6. The standard InChI is InChI=1S/C21H23NO3/c1-21(14-4-6-16-5-2-3-7-18(16)21)20(25)22-17-11-8-15(9-12-17)10-13-19(23)24/h2-3,5,7-9,11-12H,4,6,10,13-14H2,1H3,(H,22,25)(H,23,24). The van der Waals surface area contributed by atoms with E-state index < -0.39 is 11.4 Å². The zero-order valence-electron chi connectivity index (χ0n) is 14.4. The average molecular weight is 337 g/mol. The van der Waals surface area contributed by atoms with Crippen molar-refractivity contribution in [1.82, 2.24) is 0 Å². The molecule has 2 aromatic rings. The van der Waals surface area contributed by atoms with Crippen LogP contribution in [-0.2, 0) is 27.8 Å². The van der Waals surface area contributed by atoms with Crippen molar-refractivity contribution in [3.05, 3.63) is 65.2 Å². The van der Waals surface area contributed by atoms with Gasteiger partial charge in [0.1, 0.15) is 0 Å². The highest BCUT2D eigenvalue weighted by Crippen LogP contribution is 2.38. The second-order valence-corrected chi connectivity index (χ2v) is 6.89. The first kappa shape index (κ1) is 17.2. The van der Waals surface area contributed by atoms with Crippen molar-refractivity contribution in [2.24, 2.45) is 0 Å². The quantitative estimate of drug-likeness (QED) is 0.868. The highest BCUT2D eigenvalue weighted by Gasteiger charge is 2.38. The topological polar surface area (TPSA) is 66.4 Å². The molecule has 130 valence electrons. The molecule has 1 aliphatic rings. The number of aliphatic carboxylic acids is 1. The van der Waals surface area contributed by atoms with E-state index in [1.165, 1.54) is 5.56 Å². The molecule has 4 heteroatoms. The predicted molar refractivity (Wildman–Crippen MR) is 97.8 cm³/mol. The van der Waals surface area contributed by atoms with Crippen molar-refractivity contribution >= 4 is 17.6 Å². The number of carboxylic acids is 1. The van der Waals surface area contributed by atoms with Crippen LogP contribution in [0.4, 0.5) is 5.69 Å². The lowest BCUT2D eigenvalue weighted by atomic mass is 9.70. The fraction of sp³-hybridized carbons (Fsp3) is 0.333. The second-order valence-electron chi connectivity index (χ2n) is 6.89. The minimum atomic E-state index is -0.804. The lowest BCUT2D eigenvalue weighted by Crippen LogP contribution is -2.40. The molecule has 0 fully saturated rings. The molecule has 0 bridgehead atoms. The van der Waals surface area contributed by atoms with Gasteiger partial charge in [0, 0.05) is 12.1 Å². The summed E-state index contributed by atoms with van der Waals surface area (Å²) < 4.78 is 0. The summed E-state index contributed by atoms with van der Waals surface area (Å²) in [6, 6.07) is 15.6. The van der Waals surface area contributed by atoms with Gasteiger partial charge in [0.2, 0.25) is 5.91 Å². The Balaban J connectivity index is 1.73. The van der Waals surface area contributed by atoms with Gasteiger partial charge >= 0.3 is 5.97 Å². The molecule has 25 heavy (non-hydrogen) atoms. The van der Waals surface area contributed by atoms with Gasteiger partial charge in [-0.05, 0) is 61.4 Å². The first-order valence-corrected chi connectivity index (χ1v) is 8.69. The molecule has 0 radical (unpaired) electrons. The molecular formula is C21H23NO3. The highest BCUT2D eigenvalue weighted by atomic mass is 16.4. The molecule has 0 heterocycles. The van der Waals surface area contributed by atoms with E-state index in [1.54, 1.807) is 0 Å². The van der Waals surface area contributed by atoms with Crippen LogP contribution in [0.1, 0.15) is 42.9 Å². The molecule has 1 amide bonds. The number of anilines is 1. The summed E-state index contributed by atoms with van der Waals surface area (Å²) in [6.45, 7) is 2.02. The summed E-state index contributed by atoms with van der Waals surface area (Å²) in [6.07, 6.45) is 3.48. The molecule has 0 aromatic heterocycles. The van der Waals surface area contributed by atoms with Gasteiger partial charge in [-0.2, -0.15) is 0 Å². The normalized spacial score (nSPS) is 19.1. The zero-order valence-corrected chi connectivity index (χ0v) is 14.4. The summed E-state index contributed by atoms with van der Waals surface area (Å²) in [5.74, 6) is -0.792. The van der Waals surface area contributed by atoms with Gasteiger partial charge in [-0.1, -0.05) is 36.4 Å². The van der Waals surface area contributed by atoms with Crippen LogP contribution in [0.15, 0.2) is 48.5 Å². The highest BCUT2D eigenvalue weighted by molar-refractivity contribution is 5.99. The number of carbonyl (C=O) groups excluding carboxylic acids is 1. The summed E-state index contributed by atoms with van der Waals surface area (Å²) in [5, 5.41) is 11.8. The number of carbonyl (C=O) groups is 2. The molecule has 3 rings (SSSR count). The first-order chi connectivity index (χ1) is 12.0. The fourth-order valence-corrected chi connectivity index (χ4v) is 3.55. The minimum Gasteiger partial charge on any atom is -0.481 e. The van der Waals surface area contributed by atoms with E-state index in [2.05, 4.69) is 17.4 Å². The number of carboxylic acid groups (broad SMARTS) is 1. The number of fused-ring (bicyclic) bond motifs is 1. The third-order valence-electron chi connectivity index (χ3n) is 5.08. The summed E-state index contributed by atoms with van der Waals surface area (Å²) in [5.41, 5.74) is 3.56. The van der Waals surface area contributed by atoms with Crippen molar-refractivity contribution in [3.8, 4) is 0 Å². The molecule has 1 unspecified atom stereocenters. The van der Waals surface area contributed by atoms with Crippen LogP contribution >= 0.6 is 0 Å². The maximum atomic E-state index is 13.0. The third-order valence-corrected chi connectivity index (χ3v) is 5.08. The van der Waals surface area contributed by atoms with E-state index in [0.717, 1.165) is 36.1 Å². The Bertz CT molecular complexity index is 782. The van der Waals surface area contributed by atoms with Gasteiger partial charge in [-0.3, -0.25) is 9.59 Å². The van der Waals surface area contributed by atoms with Crippen LogP contribution in [0.25, 0.3) is 0 Å². The van der Waals surface area contributed by atoms with E-state index in [9.17, 15) is 9.59 Å². The largest absolute Gasteiger partial charge is 0.481 e. The molecule has 0 spiro atoms. The maximum Gasteiger partial charge on any atom is 0.303 e. The number of aryl methyl sites for hydroxylation is 2. The van der Waals surface area contributed by atoms with Gasteiger partial charge < -0.3 is 10.4 Å². The Kier molecular flexibility index (Phi) is 4.88. The Hall–Kier alpha value is -2.62. The van der Waals surface area contributed by atoms with Crippen molar-refractivity contribution in [1.29, 1.82) is 0 Å². The Morgan fingerprint density at radius 2 is 1.84 bits per heavy atom. The average Bonchev–Trinajstić information content (AvgIpc) is 2.61. The molecular weight excluding hydrogens is 314 g/mol. The van der Waals surface area contributed by atoms with Gasteiger partial charge in [-0.15, -0.1) is 0 Å². The van der Waals surface area contributed by atoms with Gasteiger partial charge in [0.25, 0.3) is 0 Å². The third kappa shape index (κ3) is 3.73. The predicted octanol–water partition coefficient (Wildman–Crippen LogP) is 3.94. The lowest BCUT2D eigenvalue weighted by Gasteiger charge is -2.34. The maximum absolute atomic E-state index is 13.0. The van der Waals surface area contributed by atoms with Crippen molar-refractivity contribution in [3.63, 3.8) is 0 Å².